The number of fused-ring (bicyclic) bond motifs is 1. The molecule has 0 aliphatic heterocycles. The van der Waals surface area contributed by atoms with Crippen LogP contribution in [-0.4, -0.2) is 4.98 Å². The number of nitrogens with one attached hydrogen (secondary N) is 1. The highest BCUT2D eigenvalue weighted by Crippen LogP contribution is 2.29. The molecular weight excluding hydrogens is 296 g/mol. The summed E-state index contributed by atoms with van der Waals surface area (Å²) in [5.74, 6) is 0. The topological polar surface area (TPSA) is 24.9 Å². The highest BCUT2D eigenvalue weighted by atomic mass is 35.5. The van der Waals surface area contributed by atoms with Crippen molar-refractivity contribution in [1.29, 1.82) is 0 Å². The van der Waals surface area contributed by atoms with Gasteiger partial charge in [0.2, 0.25) is 0 Å². The fourth-order valence-corrected chi connectivity index (χ4v) is 3.86. The smallest absolute Gasteiger partial charge is 0.0931 e. The van der Waals surface area contributed by atoms with Crippen LogP contribution in [-0.2, 0) is 0 Å². The maximum absolute atomic E-state index is 5.97. The zero-order valence-corrected chi connectivity index (χ0v) is 13.0. The molecule has 0 fully saturated rings. The van der Waals surface area contributed by atoms with Crippen LogP contribution < -0.4 is 5.32 Å². The van der Waals surface area contributed by atoms with E-state index in [4.69, 9.17) is 11.6 Å². The molecule has 0 saturated carbocycles. The van der Waals surface area contributed by atoms with Crippen LogP contribution in [0.3, 0.4) is 0 Å². The molecule has 5 heteroatoms. The second kappa shape index (κ2) is 5.12. The third-order valence-electron chi connectivity index (χ3n) is 2.97. The van der Waals surface area contributed by atoms with Crippen LogP contribution in [0.25, 0.3) is 10.2 Å². The third kappa shape index (κ3) is 2.76. The minimum Gasteiger partial charge on any atom is -0.378 e. The Hall–Kier alpha value is -1.10. The number of aryl methyl sites for hydroxylation is 1. The summed E-state index contributed by atoms with van der Waals surface area (Å²) in [6, 6.07) is 8.56. The fourth-order valence-electron chi connectivity index (χ4n) is 2.01. The van der Waals surface area contributed by atoms with E-state index < -0.39 is 0 Å². The van der Waals surface area contributed by atoms with E-state index in [1.165, 1.54) is 10.3 Å². The van der Waals surface area contributed by atoms with Crippen LogP contribution in [0.1, 0.15) is 23.5 Å². The molecule has 3 aromatic rings. The van der Waals surface area contributed by atoms with Crippen molar-refractivity contribution >= 4 is 50.2 Å². The van der Waals surface area contributed by atoms with E-state index in [2.05, 4.69) is 40.8 Å². The number of rotatable bonds is 3. The van der Waals surface area contributed by atoms with Crippen molar-refractivity contribution in [2.75, 3.05) is 5.32 Å². The molecule has 19 heavy (non-hydrogen) atoms. The molecule has 2 nitrogen and oxygen atoms in total. The Kier molecular flexibility index (Phi) is 3.48. The third-order valence-corrected chi connectivity index (χ3v) is 5.01. The van der Waals surface area contributed by atoms with Crippen LogP contribution in [0.2, 0.25) is 4.34 Å². The van der Waals surface area contributed by atoms with Gasteiger partial charge in [-0.25, -0.2) is 4.98 Å². The first-order chi connectivity index (χ1) is 9.11. The highest BCUT2D eigenvalue weighted by molar-refractivity contribution is 7.18. The van der Waals surface area contributed by atoms with Crippen LogP contribution in [0.5, 0.6) is 0 Å². The second-order valence-electron chi connectivity index (χ2n) is 4.47. The van der Waals surface area contributed by atoms with Gasteiger partial charge in [-0.15, -0.1) is 22.7 Å². The summed E-state index contributed by atoms with van der Waals surface area (Å²) in [5.41, 5.74) is 3.40. The van der Waals surface area contributed by atoms with Gasteiger partial charge >= 0.3 is 0 Å². The average Bonchev–Trinajstić information content (AvgIpc) is 2.93. The van der Waals surface area contributed by atoms with E-state index in [9.17, 15) is 0 Å². The SMILES string of the molecule is Cc1nc2ccc(NC(C)c3csc(Cl)c3)cc2s1. The number of nitrogens with zero attached hydrogens (tertiary/aromatic N) is 1. The van der Waals surface area contributed by atoms with Gasteiger partial charge in [-0.3, -0.25) is 0 Å². The highest BCUT2D eigenvalue weighted by Gasteiger charge is 2.08. The Bertz CT molecular complexity index is 717. The van der Waals surface area contributed by atoms with Crippen LogP contribution in [0.15, 0.2) is 29.6 Å². The van der Waals surface area contributed by atoms with E-state index in [1.54, 1.807) is 22.7 Å². The Morgan fingerprint density at radius 2 is 2.16 bits per heavy atom. The summed E-state index contributed by atoms with van der Waals surface area (Å²) in [4.78, 5) is 4.47. The number of halogens is 1. The lowest BCUT2D eigenvalue weighted by Crippen LogP contribution is -2.05. The molecule has 1 aromatic carbocycles. The van der Waals surface area contributed by atoms with Crippen LogP contribution >= 0.6 is 34.3 Å². The molecular formula is C14H13ClN2S2. The molecule has 0 spiro atoms. The molecule has 0 amide bonds. The van der Waals surface area contributed by atoms with Gasteiger partial charge in [-0.1, -0.05) is 11.6 Å². The van der Waals surface area contributed by atoms with Crippen molar-refractivity contribution < 1.29 is 0 Å². The molecule has 98 valence electrons. The van der Waals surface area contributed by atoms with E-state index in [0.717, 1.165) is 20.5 Å². The molecule has 1 unspecified atom stereocenters. The molecule has 2 heterocycles. The number of aromatic nitrogens is 1. The maximum atomic E-state index is 5.97. The Balaban J connectivity index is 1.84. The lowest BCUT2D eigenvalue weighted by Gasteiger charge is -2.13. The number of thiazole rings is 1. The van der Waals surface area contributed by atoms with E-state index >= 15 is 0 Å². The molecule has 0 radical (unpaired) electrons. The summed E-state index contributed by atoms with van der Waals surface area (Å²) in [6.45, 7) is 4.17. The van der Waals surface area contributed by atoms with E-state index in [-0.39, 0.29) is 6.04 Å². The van der Waals surface area contributed by atoms with Gasteiger partial charge in [-0.2, -0.15) is 0 Å². The van der Waals surface area contributed by atoms with Crippen molar-refractivity contribution in [2.24, 2.45) is 0 Å². The zero-order valence-electron chi connectivity index (χ0n) is 10.6. The molecule has 0 saturated heterocycles. The Labute approximate surface area is 125 Å². The Morgan fingerprint density at radius 3 is 2.89 bits per heavy atom. The van der Waals surface area contributed by atoms with Gasteiger partial charge in [-0.05, 0) is 49.1 Å². The van der Waals surface area contributed by atoms with Crippen molar-refractivity contribution in [3.05, 3.63) is 44.6 Å². The second-order valence-corrected chi connectivity index (χ2v) is 7.24. The summed E-state index contributed by atoms with van der Waals surface area (Å²) in [6.07, 6.45) is 0. The van der Waals surface area contributed by atoms with Crippen molar-refractivity contribution in [2.45, 2.75) is 19.9 Å². The normalized spacial score (nSPS) is 12.8. The van der Waals surface area contributed by atoms with E-state index in [1.807, 2.05) is 13.0 Å². The number of hydrogen-bond acceptors (Lipinski definition) is 4. The van der Waals surface area contributed by atoms with Crippen molar-refractivity contribution in [3.63, 3.8) is 0 Å². The largest absolute Gasteiger partial charge is 0.378 e. The molecule has 0 aliphatic carbocycles. The number of anilines is 1. The molecule has 0 bridgehead atoms. The first-order valence-corrected chi connectivity index (χ1v) is 8.07. The standard InChI is InChI=1S/C14H13ClN2S2/c1-8(10-5-14(15)18-7-10)16-11-3-4-12-13(6-11)19-9(2)17-12/h3-8,16H,1-2H3. The van der Waals surface area contributed by atoms with Gasteiger partial charge in [0.25, 0.3) is 0 Å². The van der Waals surface area contributed by atoms with Crippen LogP contribution in [0.4, 0.5) is 5.69 Å². The first-order valence-electron chi connectivity index (χ1n) is 5.99. The molecule has 2 aromatic heterocycles. The van der Waals surface area contributed by atoms with Gasteiger partial charge in [0.05, 0.1) is 19.6 Å². The van der Waals surface area contributed by atoms with E-state index in [0.29, 0.717) is 0 Å². The minimum absolute atomic E-state index is 0.246. The predicted octanol–water partition coefficient (Wildman–Crippen LogP) is 5.49. The van der Waals surface area contributed by atoms with Gasteiger partial charge in [0.1, 0.15) is 0 Å². The summed E-state index contributed by atoms with van der Waals surface area (Å²) in [5, 5.41) is 6.69. The molecule has 3 rings (SSSR count). The molecule has 0 aliphatic rings. The quantitative estimate of drug-likeness (QED) is 0.691. The monoisotopic (exact) mass is 308 g/mol. The van der Waals surface area contributed by atoms with Crippen molar-refractivity contribution in [1.82, 2.24) is 4.98 Å². The summed E-state index contributed by atoms with van der Waals surface area (Å²) < 4.78 is 2.05. The summed E-state index contributed by atoms with van der Waals surface area (Å²) in [7, 11) is 0. The zero-order chi connectivity index (χ0) is 13.4. The predicted molar refractivity (Wildman–Crippen MR) is 85.7 cm³/mol. The number of thiophene rings is 1. The molecule has 1 N–H and O–H groups in total. The van der Waals surface area contributed by atoms with Crippen LogP contribution in [0, 0.1) is 6.92 Å². The van der Waals surface area contributed by atoms with Gasteiger partial charge < -0.3 is 5.32 Å². The molecule has 1 atom stereocenters. The average molecular weight is 309 g/mol. The Morgan fingerprint density at radius 1 is 1.32 bits per heavy atom. The lowest BCUT2D eigenvalue weighted by molar-refractivity contribution is 0.891. The van der Waals surface area contributed by atoms with Crippen molar-refractivity contribution in [3.8, 4) is 0 Å². The first kappa shape index (κ1) is 12.9. The van der Waals surface area contributed by atoms with Gasteiger partial charge in [0, 0.05) is 11.7 Å². The fraction of sp³-hybridized carbons (Fsp3) is 0.214. The summed E-state index contributed by atoms with van der Waals surface area (Å²) >= 11 is 9.26. The number of hydrogen-bond donors (Lipinski definition) is 1. The number of benzene rings is 1. The minimum atomic E-state index is 0.246. The maximum Gasteiger partial charge on any atom is 0.0931 e. The lowest BCUT2D eigenvalue weighted by atomic mass is 10.1. The van der Waals surface area contributed by atoms with Gasteiger partial charge in [0.15, 0.2) is 0 Å².